The molecule has 6 rings (SSSR count). The first kappa shape index (κ1) is 43.8. The Hall–Kier alpha value is -6.35. The van der Waals surface area contributed by atoms with Gasteiger partial charge in [0.15, 0.2) is 0 Å². The van der Waals surface area contributed by atoms with Crippen LogP contribution >= 0.6 is 11.3 Å². The zero-order valence-electron chi connectivity index (χ0n) is 33.1. The van der Waals surface area contributed by atoms with Gasteiger partial charge in [-0.3, -0.25) is 28.8 Å². The third-order valence-electron chi connectivity index (χ3n) is 9.33. The van der Waals surface area contributed by atoms with Gasteiger partial charge in [0.2, 0.25) is 29.5 Å². The lowest BCUT2D eigenvalue weighted by Gasteiger charge is -2.26. The average Bonchev–Trinajstić information content (AvgIpc) is 3.71. The van der Waals surface area contributed by atoms with Crippen molar-refractivity contribution in [1.82, 2.24) is 21.3 Å². The number of rotatable bonds is 9. The Balaban J connectivity index is 1.49. The summed E-state index contributed by atoms with van der Waals surface area (Å²) in [6.07, 6.45) is -1.08. The third kappa shape index (κ3) is 13.9. The van der Waals surface area contributed by atoms with Crippen molar-refractivity contribution >= 4 is 58.5 Å². The Kier molecular flexibility index (Phi) is 15.1. The molecule has 0 spiro atoms. The molecule has 15 heteroatoms. The van der Waals surface area contributed by atoms with Crippen LogP contribution in [0.2, 0.25) is 0 Å². The number of amides is 5. The highest BCUT2D eigenvalue weighted by Crippen LogP contribution is 2.21. The van der Waals surface area contributed by atoms with E-state index in [4.69, 9.17) is 4.74 Å². The number of anilines is 1. The molecule has 310 valence electrons. The predicted molar refractivity (Wildman–Crippen MR) is 222 cm³/mol. The number of carbonyl (C=O) groups is 7. The number of fused-ring (bicyclic) bond motifs is 18. The molecule has 3 aromatic carbocycles. The van der Waals surface area contributed by atoms with Crippen molar-refractivity contribution in [2.24, 2.45) is 0 Å². The number of thiophene rings is 1. The van der Waals surface area contributed by atoms with Crippen LogP contribution in [-0.4, -0.2) is 76.3 Å². The van der Waals surface area contributed by atoms with E-state index < -0.39 is 71.2 Å². The molecule has 0 aliphatic carbocycles. The number of benzene rings is 3. The molecule has 0 fully saturated rings. The number of nitrogens with one attached hydrogen (secondary N) is 5. The summed E-state index contributed by atoms with van der Waals surface area (Å²) in [6.45, 7) is 5.06. The van der Waals surface area contributed by atoms with Gasteiger partial charge >= 0.3 is 11.9 Å². The molecule has 4 aromatic rings. The molecule has 1 aromatic heterocycles. The molecule has 14 nitrogen and oxygen atoms in total. The second-order valence-corrected chi connectivity index (χ2v) is 16.3. The van der Waals surface area contributed by atoms with E-state index in [2.05, 4.69) is 26.6 Å². The Morgan fingerprint density at radius 1 is 0.695 bits per heavy atom. The van der Waals surface area contributed by atoms with Gasteiger partial charge in [-0.2, -0.15) is 0 Å². The topological polar surface area (TPSA) is 209 Å². The van der Waals surface area contributed by atoms with Crippen molar-refractivity contribution in [3.63, 3.8) is 0 Å². The molecule has 2 bridgehead atoms. The maximum Gasteiger partial charge on any atom is 0.326 e. The van der Waals surface area contributed by atoms with Crippen molar-refractivity contribution in [3.8, 4) is 11.1 Å². The third-order valence-corrected chi connectivity index (χ3v) is 10.2. The highest BCUT2D eigenvalue weighted by Gasteiger charge is 2.33. The van der Waals surface area contributed by atoms with Gasteiger partial charge in [-0.1, -0.05) is 72.8 Å². The van der Waals surface area contributed by atoms with Gasteiger partial charge in [0.05, 0.1) is 0 Å². The van der Waals surface area contributed by atoms with Gasteiger partial charge < -0.3 is 36.4 Å². The monoisotopic (exact) mass is 823 g/mol. The smallest absolute Gasteiger partial charge is 0.326 e. The minimum Gasteiger partial charge on any atom is -0.480 e. The summed E-state index contributed by atoms with van der Waals surface area (Å²) >= 11 is 1.38. The Bertz CT molecular complexity index is 2100. The lowest BCUT2D eigenvalue weighted by Crippen LogP contribution is -2.58. The molecule has 6 N–H and O–H groups in total. The van der Waals surface area contributed by atoms with Crippen molar-refractivity contribution in [3.05, 3.63) is 112 Å². The van der Waals surface area contributed by atoms with Crippen LogP contribution in [-0.2, 0) is 57.6 Å². The SMILES string of the molecule is CC(C)(C)OC(=O)CC[C@H]1NC(=O)[C@H](Cc2ccc(-c3ccccc3)cc2)NC(=O)[C@@H](Cc2cccs2)NC(=O)CCC(=O)Nc2ccc(cc2)C[C@@H](C(=O)O)NC1=O. The summed E-state index contributed by atoms with van der Waals surface area (Å²) in [7, 11) is 0. The van der Waals surface area contributed by atoms with Crippen molar-refractivity contribution < 1.29 is 43.4 Å². The highest BCUT2D eigenvalue weighted by atomic mass is 32.1. The Morgan fingerprint density at radius 2 is 1.31 bits per heavy atom. The molecule has 0 saturated heterocycles. The Labute approximate surface area is 346 Å². The zero-order chi connectivity index (χ0) is 42.5. The van der Waals surface area contributed by atoms with Crippen molar-refractivity contribution in [1.29, 1.82) is 0 Å². The number of hydrogen-bond acceptors (Lipinski definition) is 9. The molecule has 0 radical (unpaired) electrons. The van der Waals surface area contributed by atoms with E-state index in [0.717, 1.165) is 16.0 Å². The standard InChI is InChI=1S/C44H49N5O9S/c1-44(2,3)58-39(52)22-19-33-40(53)49-36(43(56)57)25-28-13-17-31(18-14-28)45-37(50)20-21-38(51)46-35(26-32-10-7-23-59-32)42(55)48-34(41(54)47-33)24-27-11-15-30(16-12-27)29-8-5-4-6-9-29/h4-18,23,33-36H,19-22,24-26H2,1-3H3,(H,45,50)(H,46,51)(H,47,54)(H,48,55)(H,49,53)(H,56,57)/t33-,34+,35-,36+/m1/s1. The molecule has 59 heavy (non-hydrogen) atoms. The fourth-order valence-electron chi connectivity index (χ4n) is 6.37. The summed E-state index contributed by atoms with van der Waals surface area (Å²) in [5, 5.41) is 25.4. The first-order valence-corrected chi connectivity index (χ1v) is 20.2. The van der Waals surface area contributed by atoms with E-state index in [1.165, 1.54) is 11.3 Å². The van der Waals surface area contributed by atoms with Crippen LogP contribution < -0.4 is 26.6 Å². The fourth-order valence-corrected chi connectivity index (χ4v) is 7.12. The van der Waals surface area contributed by atoms with Crippen LogP contribution in [0.25, 0.3) is 11.1 Å². The summed E-state index contributed by atoms with van der Waals surface area (Å²) in [4.78, 5) is 94.5. The number of aliphatic carboxylic acids is 1. The summed E-state index contributed by atoms with van der Waals surface area (Å²) in [5.41, 5.74) is 2.65. The molecule has 2 aliphatic rings. The van der Waals surface area contributed by atoms with Gasteiger partial charge in [-0.15, -0.1) is 11.3 Å². The largest absolute Gasteiger partial charge is 0.480 e. The number of hydrogen-bond donors (Lipinski definition) is 6. The summed E-state index contributed by atoms with van der Waals surface area (Å²) in [5.74, 6) is -5.35. The number of ether oxygens (including phenoxy) is 1. The lowest BCUT2D eigenvalue weighted by molar-refractivity contribution is -0.155. The average molecular weight is 824 g/mol. The molecule has 4 atom stereocenters. The van der Waals surface area contributed by atoms with Gasteiger partial charge in [0.25, 0.3) is 0 Å². The normalized spacial score (nSPS) is 19.9. The molecular weight excluding hydrogens is 775 g/mol. The van der Waals surface area contributed by atoms with Crippen molar-refractivity contribution in [2.75, 3.05) is 5.32 Å². The lowest BCUT2D eigenvalue weighted by atomic mass is 9.99. The maximum atomic E-state index is 14.3. The maximum absolute atomic E-state index is 14.3. The van der Waals surface area contributed by atoms with E-state index >= 15 is 0 Å². The van der Waals surface area contributed by atoms with Crippen LogP contribution in [0.5, 0.6) is 0 Å². The molecule has 5 amide bonds. The molecule has 3 heterocycles. The van der Waals surface area contributed by atoms with Gasteiger partial charge in [0, 0.05) is 49.1 Å². The second kappa shape index (κ2) is 20.4. The number of carboxylic acids is 1. The Morgan fingerprint density at radius 3 is 1.93 bits per heavy atom. The highest BCUT2D eigenvalue weighted by molar-refractivity contribution is 7.09. The van der Waals surface area contributed by atoms with Crippen LogP contribution in [0.3, 0.4) is 0 Å². The summed E-state index contributed by atoms with van der Waals surface area (Å²) in [6, 6.07) is 21.7. The quantitative estimate of drug-likeness (QED) is 0.105. The van der Waals surface area contributed by atoms with Crippen molar-refractivity contribution in [2.45, 2.75) is 95.5 Å². The van der Waals surface area contributed by atoms with Gasteiger partial charge in [0.1, 0.15) is 29.8 Å². The molecule has 0 unspecified atom stereocenters. The predicted octanol–water partition coefficient (Wildman–Crippen LogP) is 4.32. The molecule has 2 aliphatic heterocycles. The van der Waals surface area contributed by atoms with Crippen LogP contribution in [0.1, 0.15) is 62.5 Å². The first-order chi connectivity index (χ1) is 28.1. The first-order valence-electron chi connectivity index (χ1n) is 19.3. The number of esters is 1. The zero-order valence-corrected chi connectivity index (χ0v) is 33.9. The number of carboxylic acid groups (broad SMARTS) is 1. The van der Waals surface area contributed by atoms with Crippen LogP contribution in [0, 0.1) is 0 Å². The second-order valence-electron chi connectivity index (χ2n) is 15.3. The number of carbonyl (C=O) groups excluding carboxylic acids is 6. The van der Waals surface area contributed by atoms with Crippen LogP contribution in [0.4, 0.5) is 5.69 Å². The van der Waals surface area contributed by atoms with Gasteiger partial charge in [-0.05, 0) is 73.0 Å². The summed E-state index contributed by atoms with van der Waals surface area (Å²) < 4.78 is 5.44. The van der Waals surface area contributed by atoms with E-state index in [1.54, 1.807) is 57.2 Å². The molecule has 0 saturated carbocycles. The van der Waals surface area contributed by atoms with E-state index in [1.807, 2.05) is 60.0 Å². The minimum atomic E-state index is -1.44. The van der Waals surface area contributed by atoms with E-state index in [9.17, 15) is 38.7 Å². The van der Waals surface area contributed by atoms with Gasteiger partial charge in [-0.25, -0.2) is 4.79 Å². The van der Waals surface area contributed by atoms with E-state index in [0.29, 0.717) is 16.8 Å². The minimum absolute atomic E-state index is 0.0412. The van der Waals surface area contributed by atoms with E-state index in [-0.39, 0.29) is 44.9 Å². The molecular formula is C44H49N5O9S. The fraction of sp³-hybridized carbons (Fsp3) is 0.341. The van der Waals surface area contributed by atoms with Crippen LogP contribution in [0.15, 0.2) is 96.4 Å².